The number of carbonyl (C=O) groups excluding carboxylic acids is 4. The van der Waals surface area contributed by atoms with Gasteiger partial charge in [0.2, 0.25) is 0 Å². The number of carbonyl (C=O) groups is 4. The number of rotatable bonds is 5. The molecule has 0 aromatic heterocycles. The van der Waals surface area contributed by atoms with Crippen molar-refractivity contribution >= 4 is 23.7 Å². The van der Waals surface area contributed by atoms with Gasteiger partial charge in [-0.15, -0.1) is 0 Å². The van der Waals surface area contributed by atoms with Crippen LogP contribution in [0.2, 0.25) is 0 Å². The van der Waals surface area contributed by atoms with Crippen molar-refractivity contribution in [1.29, 1.82) is 0 Å². The Bertz CT molecular complexity index is 938. The number of nitrogens with zero attached hydrogens (tertiary/aromatic N) is 1. The SMILES string of the molecule is CC(C)(C)c1ccc(C(=O)NCCC(=O)ON2C(=O)c3ccccc3C2=O)cc1. The smallest absolute Gasteiger partial charge is 0.335 e. The molecule has 3 rings (SSSR count). The minimum atomic E-state index is -0.789. The summed E-state index contributed by atoms with van der Waals surface area (Å²) in [7, 11) is 0. The lowest BCUT2D eigenvalue weighted by Crippen LogP contribution is -2.34. The molecule has 1 aliphatic rings. The number of fused-ring (bicyclic) bond motifs is 1. The van der Waals surface area contributed by atoms with E-state index in [1.54, 1.807) is 24.3 Å². The second-order valence-electron chi connectivity index (χ2n) is 7.75. The summed E-state index contributed by atoms with van der Waals surface area (Å²) in [5.41, 5.74) is 1.96. The Morgan fingerprint density at radius 2 is 1.48 bits per heavy atom. The van der Waals surface area contributed by atoms with Crippen molar-refractivity contribution in [3.8, 4) is 0 Å². The first-order valence-electron chi connectivity index (χ1n) is 9.26. The molecule has 3 amide bonds. The van der Waals surface area contributed by atoms with Gasteiger partial charge in [0.1, 0.15) is 0 Å². The largest absolute Gasteiger partial charge is 0.351 e. The third kappa shape index (κ3) is 4.34. The number of hydrogen-bond donors (Lipinski definition) is 1. The minimum Gasteiger partial charge on any atom is -0.351 e. The van der Waals surface area contributed by atoms with Gasteiger partial charge < -0.3 is 10.2 Å². The number of nitrogens with one attached hydrogen (secondary N) is 1. The van der Waals surface area contributed by atoms with Crippen LogP contribution in [0.5, 0.6) is 0 Å². The monoisotopic (exact) mass is 394 g/mol. The molecule has 0 atom stereocenters. The molecule has 0 bridgehead atoms. The highest BCUT2D eigenvalue weighted by Gasteiger charge is 2.38. The standard InChI is InChI=1S/C22H22N2O5/c1-22(2,3)15-10-8-14(9-11-15)19(26)23-13-12-18(25)29-24-20(27)16-6-4-5-7-17(16)21(24)28/h4-11H,12-13H2,1-3H3,(H,23,26). The van der Waals surface area contributed by atoms with Crippen LogP contribution in [0, 0.1) is 0 Å². The van der Waals surface area contributed by atoms with Crippen LogP contribution < -0.4 is 5.32 Å². The molecule has 0 radical (unpaired) electrons. The Balaban J connectivity index is 1.50. The molecule has 1 heterocycles. The third-order valence-electron chi connectivity index (χ3n) is 4.58. The molecule has 0 saturated carbocycles. The number of benzene rings is 2. The predicted octanol–water partition coefficient (Wildman–Crippen LogP) is 2.86. The van der Waals surface area contributed by atoms with Gasteiger partial charge in [-0.05, 0) is 35.2 Å². The fourth-order valence-electron chi connectivity index (χ4n) is 2.90. The molecule has 1 N–H and O–H groups in total. The molecule has 0 aliphatic carbocycles. The molecule has 0 spiro atoms. The summed E-state index contributed by atoms with van der Waals surface area (Å²) in [6.45, 7) is 6.27. The van der Waals surface area contributed by atoms with E-state index < -0.39 is 17.8 Å². The van der Waals surface area contributed by atoms with Crippen LogP contribution in [-0.4, -0.2) is 35.3 Å². The van der Waals surface area contributed by atoms with Gasteiger partial charge in [0.25, 0.3) is 17.7 Å². The van der Waals surface area contributed by atoms with E-state index in [9.17, 15) is 19.2 Å². The van der Waals surface area contributed by atoms with E-state index in [4.69, 9.17) is 4.84 Å². The van der Waals surface area contributed by atoms with Crippen molar-refractivity contribution in [3.63, 3.8) is 0 Å². The van der Waals surface area contributed by atoms with Gasteiger partial charge in [-0.3, -0.25) is 14.4 Å². The van der Waals surface area contributed by atoms with E-state index >= 15 is 0 Å². The summed E-state index contributed by atoms with van der Waals surface area (Å²) in [5.74, 6) is -2.47. The van der Waals surface area contributed by atoms with Crippen LogP contribution >= 0.6 is 0 Å². The Labute approximate surface area is 168 Å². The molecule has 29 heavy (non-hydrogen) atoms. The van der Waals surface area contributed by atoms with Crippen molar-refractivity contribution < 1.29 is 24.0 Å². The minimum absolute atomic E-state index is 0.0110. The van der Waals surface area contributed by atoms with Crippen molar-refractivity contribution in [3.05, 3.63) is 70.8 Å². The number of imide groups is 1. The van der Waals surface area contributed by atoms with E-state index in [-0.39, 0.29) is 35.4 Å². The molecule has 7 heteroatoms. The number of hydroxylamine groups is 2. The molecule has 2 aromatic rings. The zero-order chi connectivity index (χ0) is 21.2. The Hall–Kier alpha value is -3.48. The summed E-state index contributed by atoms with van der Waals surface area (Å²) >= 11 is 0. The van der Waals surface area contributed by atoms with E-state index in [1.165, 1.54) is 12.1 Å². The van der Waals surface area contributed by atoms with Crippen molar-refractivity contribution in [2.45, 2.75) is 32.6 Å². The summed E-state index contributed by atoms with van der Waals surface area (Å²) < 4.78 is 0. The molecule has 0 unspecified atom stereocenters. The van der Waals surface area contributed by atoms with Crippen LogP contribution in [-0.2, 0) is 15.0 Å². The average Bonchev–Trinajstić information content (AvgIpc) is 2.92. The number of amides is 3. The average molecular weight is 394 g/mol. The maximum absolute atomic E-state index is 12.2. The third-order valence-corrected chi connectivity index (χ3v) is 4.58. The lowest BCUT2D eigenvalue weighted by Gasteiger charge is -2.19. The van der Waals surface area contributed by atoms with Crippen molar-refractivity contribution in [1.82, 2.24) is 10.4 Å². The lowest BCUT2D eigenvalue weighted by molar-refractivity contribution is -0.168. The van der Waals surface area contributed by atoms with E-state index in [1.807, 2.05) is 12.1 Å². The van der Waals surface area contributed by atoms with Crippen LogP contribution in [0.25, 0.3) is 0 Å². The van der Waals surface area contributed by atoms with Crippen molar-refractivity contribution in [2.24, 2.45) is 0 Å². The Morgan fingerprint density at radius 1 is 0.931 bits per heavy atom. The van der Waals surface area contributed by atoms with Gasteiger partial charge in [-0.25, -0.2) is 4.79 Å². The lowest BCUT2D eigenvalue weighted by atomic mass is 9.87. The van der Waals surface area contributed by atoms with E-state index in [0.717, 1.165) is 5.56 Å². The predicted molar refractivity (Wildman–Crippen MR) is 105 cm³/mol. The summed E-state index contributed by atoms with van der Waals surface area (Å²) in [5, 5.41) is 3.08. The second-order valence-corrected chi connectivity index (χ2v) is 7.75. The summed E-state index contributed by atoms with van der Waals surface area (Å²) in [4.78, 5) is 53.4. The molecule has 0 fully saturated rings. The summed E-state index contributed by atoms with van der Waals surface area (Å²) in [6, 6.07) is 13.5. The molecule has 2 aromatic carbocycles. The molecular weight excluding hydrogens is 372 g/mol. The first-order chi connectivity index (χ1) is 13.7. The van der Waals surface area contributed by atoms with Gasteiger partial charge in [0.05, 0.1) is 17.5 Å². The highest BCUT2D eigenvalue weighted by atomic mass is 16.7. The molecular formula is C22H22N2O5. The maximum Gasteiger partial charge on any atom is 0.335 e. The number of hydrogen-bond acceptors (Lipinski definition) is 5. The van der Waals surface area contributed by atoms with Crippen LogP contribution in [0.4, 0.5) is 0 Å². The van der Waals surface area contributed by atoms with Crippen molar-refractivity contribution in [2.75, 3.05) is 6.54 Å². The second kappa shape index (κ2) is 7.87. The normalized spacial score (nSPS) is 13.3. The van der Waals surface area contributed by atoms with Gasteiger partial charge in [-0.2, -0.15) is 0 Å². The highest BCUT2D eigenvalue weighted by Crippen LogP contribution is 2.23. The summed E-state index contributed by atoms with van der Waals surface area (Å²) in [6.07, 6.45) is -0.181. The zero-order valence-corrected chi connectivity index (χ0v) is 16.5. The Kier molecular flexibility index (Phi) is 5.50. The quantitative estimate of drug-likeness (QED) is 0.787. The molecule has 7 nitrogen and oxygen atoms in total. The fourth-order valence-corrected chi connectivity index (χ4v) is 2.90. The van der Waals surface area contributed by atoms with E-state index in [2.05, 4.69) is 26.1 Å². The Morgan fingerprint density at radius 3 is 2.00 bits per heavy atom. The van der Waals surface area contributed by atoms with E-state index in [0.29, 0.717) is 10.6 Å². The van der Waals surface area contributed by atoms with Gasteiger partial charge >= 0.3 is 5.97 Å². The van der Waals surface area contributed by atoms with Gasteiger partial charge in [-0.1, -0.05) is 50.1 Å². The topological polar surface area (TPSA) is 92.8 Å². The van der Waals surface area contributed by atoms with Crippen LogP contribution in [0.1, 0.15) is 63.8 Å². The van der Waals surface area contributed by atoms with Crippen LogP contribution in [0.15, 0.2) is 48.5 Å². The first-order valence-corrected chi connectivity index (χ1v) is 9.26. The molecule has 1 aliphatic heterocycles. The fraction of sp³-hybridized carbons (Fsp3) is 0.273. The molecule has 0 saturated heterocycles. The van der Waals surface area contributed by atoms with Gasteiger partial charge in [0, 0.05) is 12.1 Å². The zero-order valence-electron chi connectivity index (χ0n) is 16.5. The highest BCUT2D eigenvalue weighted by molar-refractivity contribution is 6.20. The van der Waals surface area contributed by atoms with Crippen LogP contribution in [0.3, 0.4) is 0 Å². The molecule has 150 valence electrons. The maximum atomic E-state index is 12.2. The first kappa shape index (κ1) is 20.3. The van der Waals surface area contributed by atoms with Gasteiger partial charge in [0.15, 0.2) is 0 Å².